The van der Waals surface area contributed by atoms with E-state index in [4.69, 9.17) is 23.0 Å². The number of benzene rings is 6. The van der Waals surface area contributed by atoms with Gasteiger partial charge in [0.05, 0.1) is 22.4 Å². The number of rotatable bonds is 5. The quantitative estimate of drug-likeness (QED) is 0.161. The molecule has 9 aromatic rings. The molecule has 0 saturated carbocycles. The summed E-state index contributed by atoms with van der Waals surface area (Å²) in [7, 11) is 0. The van der Waals surface area contributed by atoms with Crippen molar-refractivity contribution in [3.8, 4) is 51.3 Å². The van der Waals surface area contributed by atoms with Gasteiger partial charge >= 0.3 is 0 Å². The molecule has 3 aromatic heterocycles. The first-order valence-electron chi connectivity index (χ1n) is 20.0. The maximum Gasteiger partial charge on any atom is 0.212 e. The summed E-state index contributed by atoms with van der Waals surface area (Å²) in [6, 6.07) is 47.9. The molecule has 0 N–H and O–H groups in total. The summed E-state index contributed by atoms with van der Waals surface area (Å²) in [5.41, 5.74) is 9.72. The van der Waals surface area contributed by atoms with E-state index < -0.39 is 6.85 Å². The van der Waals surface area contributed by atoms with Crippen LogP contribution < -0.4 is 9.47 Å². The van der Waals surface area contributed by atoms with Gasteiger partial charge in [0.15, 0.2) is 22.8 Å². The summed E-state index contributed by atoms with van der Waals surface area (Å²) in [6.07, 6.45) is 1.39. The van der Waals surface area contributed by atoms with Gasteiger partial charge in [0, 0.05) is 41.5 Å². The van der Waals surface area contributed by atoms with Crippen molar-refractivity contribution in [1.82, 2.24) is 14.5 Å². The van der Waals surface area contributed by atoms with E-state index in [1.807, 2.05) is 72.8 Å². The minimum Gasteiger partial charge on any atom is -0.497 e. The predicted molar refractivity (Wildman–Crippen MR) is 221 cm³/mol. The number of nitrogens with zero attached hydrogens (tertiary/aromatic N) is 3. The second-order valence-corrected chi connectivity index (χ2v) is 14.2. The van der Waals surface area contributed by atoms with Crippen LogP contribution in [-0.4, -0.2) is 14.5 Å². The fourth-order valence-electron chi connectivity index (χ4n) is 7.25. The molecule has 0 atom stereocenters. The Balaban J connectivity index is 0.000000240. The van der Waals surface area contributed by atoms with Crippen LogP contribution in [0.3, 0.4) is 0 Å². The first-order chi connectivity index (χ1) is 28.1. The molecule has 56 heavy (non-hydrogen) atoms. The van der Waals surface area contributed by atoms with Crippen LogP contribution in [0, 0.1) is 19.0 Å². The summed E-state index contributed by atoms with van der Waals surface area (Å²) in [5, 5.41) is 1.93. The number of ether oxygens (including phenoxy) is 2. The third kappa shape index (κ3) is 6.57. The minimum atomic E-state index is -2.09. The first kappa shape index (κ1) is 33.3. The second kappa shape index (κ2) is 15.3. The molecule has 7 heteroatoms. The molecule has 10 rings (SSSR count). The van der Waals surface area contributed by atoms with Gasteiger partial charge < -0.3 is 23.4 Å². The van der Waals surface area contributed by atoms with Crippen molar-refractivity contribution >= 4 is 33.0 Å². The molecule has 1 aliphatic heterocycles. The van der Waals surface area contributed by atoms with Gasteiger partial charge in [-0.1, -0.05) is 93.2 Å². The summed E-state index contributed by atoms with van der Waals surface area (Å²) >= 11 is 0. The molecule has 1 radical (unpaired) electrons. The van der Waals surface area contributed by atoms with Crippen molar-refractivity contribution < 1.29 is 38.1 Å². The fourth-order valence-corrected chi connectivity index (χ4v) is 7.25. The summed E-state index contributed by atoms with van der Waals surface area (Å²) < 4.78 is 43.2. The van der Waals surface area contributed by atoms with E-state index in [0.29, 0.717) is 46.0 Å². The van der Waals surface area contributed by atoms with Gasteiger partial charge in [0.25, 0.3) is 0 Å². The van der Waals surface area contributed by atoms with Crippen molar-refractivity contribution in [2.75, 3.05) is 0 Å². The van der Waals surface area contributed by atoms with Gasteiger partial charge in [-0.2, -0.15) is 0 Å². The van der Waals surface area contributed by atoms with E-state index in [9.17, 15) is 0 Å². The Morgan fingerprint density at radius 2 is 1.39 bits per heavy atom. The van der Waals surface area contributed by atoms with Gasteiger partial charge in [-0.3, -0.25) is 4.98 Å². The standard InChI is InChI=1S/C37H29N2O3.C12H10N.Ir/c1-21(2)23-11-9-12-24(22(3)4)33(23)39-29-16-6-5-15-28(29)38-37(39)27-14-10-13-25-26-19-20-32-36(35(26)42-34(25)27)41-31-18-8-7-17-30(31)40-32;1-10-7-8-12(13-9-10)11-5-3-2-4-6-11;/h5-13,15-22H,1-4H3;2-5,7-9H,1H3;/q2*-1;/i;1D3;. The topological polar surface area (TPSA) is 62.3 Å². The van der Waals surface area contributed by atoms with Gasteiger partial charge in [-0.25, -0.2) is 0 Å². The predicted octanol–water partition coefficient (Wildman–Crippen LogP) is 13.4. The number of hydrogen-bond acceptors (Lipinski definition) is 5. The van der Waals surface area contributed by atoms with E-state index in [2.05, 4.69) is 85.8 Å². The normalized spacial score (nSPS) is 12.8. The molecule has 6 nitrogen and oxygen atoms in total. The SMILES string of the molecule is CC(C)c1cccc(C(C)C)c1-n1c(-c2[c-]ccc3c2oc2c4c(ccc23)Oc2ccccc2O4)nc2ccccc21.[2H]C([2H])([2H])c1ccc(-c2[c-]cccc2)nc1.[Ir]. The average Bonchev–Trinajstić information content (AvgIpc) is 3.82. The van der Waals surface area contributed by atoms with E-state index >= 15 is 0 Å². The Morgan fingerprint density at radius 3 is 2.11 bits per heavy atom. The smallest absolute Gasteiger partial charge is 0.212 e. The van der Waals surface area contributed by atoms with Crippen LogP contribution >= 0.6 is 0 Å². The maximum atomic E-state index is 7.23. The zero-order valence-electron chi connectivity index (χ0n) is 34.3. The molecule has 0 bridgehead atoms. The Labute approximate surface area is 344 Å². The Hall–Kier alpha value is -6.01. The summed E-state index contributed by atoms with van der Waals surface area (Å²) in [5.74, 6) is 4.01. The number of imidazole rings is 1. The van der Waals surface area contributed by atoms with Crippen LogP contribution in [0.2, 0.25) is 0 Å². The molecule has 0 fully saturated rings. The molecule has 4 heterocycles. The van der Waals surface area contributed by atoms with Crippen molar-refractivity contribution in [3.63, 3.8) is 0 Å². The average molecular weight is 913 g/mol. The molecule has 0 amide bonds. The van der Waals surface area contributed by atoms with Gasteiger partial charge in [0.2, 0.25) is 5.75 Å². The van der Waals surface area contributed by atoms with Crippen LogP contribution in [0.4, 0.5) is 0 Å². The summed E-state index contributed by atoms with van der Waals surface area (Å²) in [6.45, 7) is 6.90. The molecule has 6 aromatic carbocycles. The van der Waals surface area contributed by atoms with Crippen LogP contribution in [0.25, 0.3) is 61.3 Å². The third-order valence-corrected chi connectivity index (χ3v) is 9.90. The summed E-state index contributed by atoms with van der Waals surface area (Å²) in [4.78, 5) is 9.34. The van der Waals surface area contributed by atoms with Crippen LogP contribution in [0.1, 0.15) is 60.3 Å². The van der Waals surface area contributed by atoms with E-state index in [0.717, 1.165) is 44.5 Å². The van der Waals surface area contributed by atoms with Crippen LogP contribution in [-0.2, 0) is 20.1 Å². The third-order valence-electron chi connectivity index (χ3n) is 9.90. The van der Waals surface area contributed by atoms with Crippen LogP contribution in [0.15, 0.2) is 138 Å². The van der Waals surface area contributed by atoms with Crippen LogP contribution in [0.5, 0.6) is 23.0 Å². The number of pyridine rings is 1. The number of aryl methyl sites for hydroxylation is 1. The Kier molecular flexibility index (Phi) is 9.08. The van der Waals surface area contributed by atoms with E-state index in [1.165, 1.54) is 23.0 Å². The molecular formula is C49H39IrN3O3-2. The van der Waals surface area contributed by atoms with Crippen molar-refractivity contribution in [2.45, 2.75) is 46.4 Å². The molecule has 279 valence electrons. The first-order valence-corrected chi connectivity index (χ1v) is 18.5. The Morgan fingerprint density at radius 1 is 0.661 bits per heavy atom. The zero-order chi connectivity index (χ0) is 40.1. The maximum absolute atomic E-state index is 7.23. The van der Waals surface area contributed by atoms with Gasteiger partial charge in [-0.15, -0.1) is 54.1 Å². The molecule has 0 saturated heterocycles. The molecule has 0 spiro atoms. The monoisotopic (exact) mass is 913 g/mol. The fraction of sp³-hybridized carbons (Fsp3) is 0.143. The van der Waals surface area contributed by atoms with E-state index in [1.54, 1.807) is 18.2 Å². The van der Waals surface area contributed by atoms with Gasteiger partial charge in [0.1, 0.15) is 0 Å². The Bertz CT molecular complexity index is 2930. The number of hydrogen-bond donors (Lipinski definition) is 0. The number of fused-ring (bicyclic) bond motifs is 7. The van der Waals surface area contributed by atoms with Crippen molar-refractivity contribution in [2.24, 2.45) is 0 Å². The largest absolute Gasteiger partial charge is 0.497 e. The van der Waals surface area contributed by atoms with Crippen molar-refractivity contribution in [1.29, 1.82) is 0 Å². The number of furan rings is 1. The van der Waals surface area contributed by atoms with Crippen molar-refractivity contribution in [3.05, 3.63) is 162 Å². The molecule has 0 unspecified atom stereocenters. The number of aromatic nitrogens is 3. The number of para-hydroxylation sites is 5. The second-order valence-electron chi connectivity index (χ2n) is 14.2. The zero-order valence-corrected chi connectivity index (χ0v) is 33.7. The minimum absolute atomic E-state index is 0. The van der Waals surface area contributed by atoms with E-state index in [-0.39, 0.29) is 25.7 Å². The van der Waals surface area contributed by atoms with Gasteiger partial charge in [-0.05, 0) is 77.5 Å². The molecular weight excluding hydrogens is 871 g/mol. The molecule has 1 aliphatic rings. The molecule has 0 aliphatic carbocycles.